The zero-order valence-corrected chi connectivity index (χ0v) is 14.2. The van der Waals surface area contributed by atoms with Crippen molar-refractivity contribution in [2.24, 2.45) is 0 Å². The Hall–Kier alpha value is -2.96. The molecule has 1 aliphatic heterocycles. The highest BCUT2D eigenvalue weighted by Crippen LogP contribution is 2.23. The summed E-state index contributed by atoms with van der Waals surface area (Å²) in [6, 6.07) is 19.0. The average Bonchev–Trinajstić information content (AvgIpc) is 3.39. The monoisotopic (exact) mass is 349 g/mol. The van der Waals surface area contributed by atoms with Crippen molar-refractivity contribution in [1.82, 2.24) is 15.1 Å². The van der Waals surface area contributed by atoms with Gasteiger partial charge in [-0.1, -0.05) is 30.3 Å². The van der Waals surface area contributed by atoms with Crippen molar-refractivity contribution in [2.75, 3.05) is 13.2 Å². The second kappa shape index (κ2) is 7.51. The molecule has 0 atom stereocenters. The van der Waals surface area contributed by atoms with E-state index in [0.29, 0.717) is 25.3 Å². The van der Waals surface area contributed by atoms with Crippen molar-refractivity contribution in [1.29, 1.82) is 0 Å². The Morgan fingerprint density at radius 1 is 1.08 bits per heavy atom. The molecule has 1 fully saturated rings. The van der Waals surface area contributed by atoms with E-state index in [1.807, 2.05) is 54.7 Å². The first-order chi connectivity index (χ1) is 12.8. The third-order valence-corrected chi connectivity index (χ3v) is 4.14. The zero-order chi connectivity index (χ0) is 17.8. The normalized spacial score (nSPS) is 14.5. The number of benzene rings is 2. The number of amides is 1. The fraction of sp³-hybridized carbons (Fsp3) is 0.200. The van der Waals surface area contributed by atoms with Gasteiger partial charge in [0.15, 0.2) is 6.29 Å². The number of hydrogen-bond donors (Lipinski definition) is 1. The molecule has 2 heterocycles. The van der Waals surface area contributed by atoms with Crippen LogP contribution in [0.3, 0.4) is 0 Å². The second-order valence-electron chi connectivity index (χ2n) is 5.97. The van der Waals surface area contributed by atoms with Crippen LogP contribution in [0.25, 0.3) is 5.69 Å². The first kappa shape index (κ1) is 16.5. The predicted octanol–water partition coefficient (Wildman–Crippen LogP) is 2.85. The van der Waals surface area contributed by atoms with Gasteiger partial charge in [0.05, 0.1) is 31.1 Å². The number of rotatable bonds is 5. The van der Waals surface area contributed by atoms with Gasteiger partial charge in [0, 0.05) is 17.3 Å². The number of aromatic nitrogens is 2. The lowest BCUT2D eigenvalue weighted by Gasteiger charge is -2.10. The third-order valence-electron chi connectivity index (χ3n) is 4.14. The van der Waals surface area contributed by atoms with Crippen molar-refractivity contribution in [2.45, 2.75) is 12.8 Å². The van der Waals surface area contributed by atoms with Crippen molar-refractivity contribution >= 4 is 5.91 Å². The standard InChI is InChI=1S/C20H19N3O3/c24-19(15-5-4-6-16(13-15)20-25-11-12-26-20)21-14-17-9-10-23(22-17)18-7-2-1-3-8-18/h1-10,13,20H,11-12,14H2,(H,21,24). The first-order valence-electron chi connectivity index (χ1n) is 8.51. The predicted molar refractivity (Wildman–Crippen MR) is 95.8 cm³/mol. The van der Waals surface area contributed by atoms with Gasteiger partial charge in [-0.05, 0) is 30.3 Å². The van der Waals surface area contributed by atoms with Gasteiger partial charge >= 0.3 is 0 Å². The van der Waals surface area contributed by atoms with E-state index >= 15 is 0 Å². The minimum atomic E-state index is -0.385. The molecule has 6 nitrogen and oxygen atoms in total. The van der Waals surface area contributed by atoms with Crippen molar-refractivity contribution in [3.8, 4) is 5.69 Å². The minimum Gasteiger partial charge on any atom is -0.346 e. The lowest BCUT2D eigenvalue weighted by Crippen LogP contribution is -2.23. The van der Waals surface area contributed by atoms with Gasteiger partial charge < -0.3 is 14.8 Å². The van der Waals surface area contributed by atoms with E-state index in [4.69, 9.17) is 9.47 Å². The summed E-state index contributed by atoms with van der Waals surface area (Å²) in [6.45, 7) is 1.51. The van der Waals surface area contributed by atoms with Gasteiger partial charge in [-0.2, -0.15) is 5.10 Å². The van der Waals surface area contributed by atoms with E-state index in [1.54, 1.807) is 16.8 Å². The van der Waals surface area contributed by atoms with Crippen LogP contribution in [0.1, 0.15) is 27.9 Å². The van der Waals surface area contributed by atoms with Crippen LogP contribution in [0.2, 0.25) is 0 Å². The van der Waals surface area contributed by atoms with Crippen molar-refractivity contribution < 1.29 is 14.3 Å². The van der Waals surface area contributed by atoms with Gasteiger partial charge in [-0.3, -0.25) is 4.79 Å². The van der Waals surface area contributed by atoms with Crippen LogP contribution in [0, 0.1) is 0 Å². The number of carbonyl (C=O) groups excluding carboxylic acids is 1. The zero-order valence-electron chi connectivity index (χ0n) is 14.2. The van der Waals surface area contributed by atoms with Crippen LogP contribution in [-0.2, 0) is 16.0 Å². The van der Waals surface area contributed by atoms with E-state index in [1.165, 1.54) is 0 Å². The molecule has 0 bridgehead atoms. The van der Waals surface area contributed by atoms with E-state index in [0.717, 1.165) is 16.9 Å². The fourth-order valence-electron chi connectivity index (χ4n) is 2.83. The van der Waals surface area contributed by atoms with Gasteiger partial charge in [0.25, 0.3) is 5.91 Å². The smallest absolute Gasteiger partial charge is 0.251 e. The molecule has 6 heteroatoms. The number of carbonyl (C=O) groups is 1. The SMILES string of the molecule is O=C(NCc1ccn(-c2ccccc2)n1)c1cccc(C2OCCO2)c1. The molecule has 2 aromatic carbocycles. The number of nitrogens with one attached hydrogen (secondary N) is 1. The minimum absolute atomic E-state index is 0.154. The summed E-state index contributed by atoms with van der Waals surface area (Å²) in [7, 11) is 0. The molecule has 0 radical (unpaired) electrons. The van der Waals surface area contributed by atoms with Crippen LogP contribution in [0.4, 0.5) is 0 Å². The highest BCUT2D eigenvalue weighted by molar-refractivity contribution is 5.94. The van der Waals surface area contributed by atoms with E-state index in [-0.39, 0.29) is 12.2 Å². The van der Waals surface area contributed by atoms with E-state index < -0.39 is 0 Å². The maximum Gasteiger partial charge on any atom is 0.251 e. The maximum absolute atomic E-state index is 12.4. The topological polar surface area (TPSA) is 65.4 Å². The summed E-state index contributed by atoms with van der Waals surface area (Å²) >= 11 is 0. The molecule has 0 unspecified atom stereocenters. The maximum atomic E-state index is 12.4. The molecule has 26 heavy (non-hydrogen) atoms. The van der Waals surface area contributed by atoms with Crippen LogP contribution in [0.5, 0.6) is 0 Å². The molecule has 3 aromatic rings. The quantitative estimate of drug-likeness (QED) is 0.769. The molecular formula is C20H19N3O3. The number of ether oxygens (including phenoxy) is 2. The fourth-order valence-corrected chi connectivity index (χ4v) is 2.83. The summed E-state index contributed by atoms with van der Waals surface area (Å²) in [4.78, 5) is 12.4. The Morgan fingerprint density at radius 2 is 1.88 bits per heavy atom. The summed E-state index contributed by atoms with van der Waals surface area (Å²) in [5.41, 5.74) is 3.20. The van der Waals surface area contributed by atoms with Crippen LogP contribution >= 0.6 is 0 Å². The summed E-state index contributed by atoms with van der Waals surface area (Å²) in [5, 5.41) is 7.39. The molecule has 1 saturated heterocycles. The molecule has 1 aromatic heterocycles. The van der Waals surface area contributed by atoms with Gasteiger partial charge in [0.2, 0.25) is 0 Å². The van der Waals surface area contributed by atoms with Crippen LogP contribution < -0.4 is 5.32 Å². The number of hydrogen-bond acceptors (Lipinski definition) is 4. The summed E-state index contributed by atoms with van der Waals surface area (Å²) in [6.07, 6.45) is 1.50. The molecule has 1 N–H and O–H groups in total. The van der Waals surface area contributed by atoms with Gasteiger partial charge in [0.1, 0.15) is 0 Å². The lowest BCUT2D eigenvalue weighted by molar-refractivity contribution is -0.0441. The Kier molecular flexibility index (Phi) is 4.77. The Morgan fingerprint density at radius 3 is 2.69 bits per heavy atom. The second-order valence-corrected chi connectivity index (χ2v) is 5.97. The molecule has 1 amide bonds. The molecule has 0 spiro atoms. The molecule has 0 saturated carbocycles. The molecule has 132 valence electrons. The van der Waals surface area contributed by atoms with Gasteiger partial charge in [-0.25, -0.2) is 4.68 Å². The summed E-state index contributed by atoms with van der Waals surface area (Å²) < 4.78 is 12.8. The summed E-state index contributed by atoms with van der Waals surface area (Å²) in [5.74, 6) is -0.154. The molecule has 4 rings (SSSR count). The lowest BCUT2D eigenvalue weighted by atomic mass is 10.1. The third kappa shape index (κ3) is 3.66. The van der Waals surface area contributed by atoms with Gasteiger partial charge in [-0.15, -0.1) is 0 Å². The number of para-hydroxylation sites is 1. The first-order valence-corrected chi connectivity index (χ1v) is 8.51. The Labute approximate surface area is 151 Å². The van der Waals surface area contributed by atoms with E-state index in [2.05, 4.69) is 10.4 Å². The Balaban J connectivity index is 1.40. The largest absolute Gasteiger partial charge is 0.346 e. The average molecular weight is 349 g/mol. The van der Waals surface area contributed by atoms with Crippen molar-refractivity contribution in [3.05, 3.63) is 83.7 Å². The highest BCUT2D eigenvalue weighted by atomic mass is 16.7. The number of nitrogens with zero attached hydrogens (tertiary/aromatic N) is 2. The van der Waals surface area contributed by atoms with Crippen LogP contribution in [0.15, 0.2) is 66.9 Å². The molecular weight excluding hydrogens is 330 g/mol. The van der Waals surface area contributed by atoms with E-state index in [9.17, 15) is 4.79 Å². The highest BCUT2D eigenvalue weighted by Gasteiger charge is 2.19. The van der Waals surface area contributed by atoms with Crippen molar-refractivity contribution in [3.63, 3.8) is 0 Å². The Bertz CT molecular complexity index is 886. The van der Waals surface area contributed by atoms with Crippen LogP contribution in [-0.4, -0.2) is 28.9 Å². The molecule has 1 aliphatic rings. The molecule has 0 aliphatic carbocycles.